The summed E-state index contributed by atoms with van der Waals surface area (Å²) in [5.74, 6) is 0. The Balaban J connectivity index is 1.90. The third-order valence-electron chi connectivity index (χ3n) is 2.57. The second-order valence-corrected chi connectivity index (χ2v) is 6.12. The lowest BCUT2D eigenvalue weighted by Crippen LogP contribution is -2.25. The van der Waals surface area contributed by atoms with Gasteiger partial charge in [-0.05, 0) is 18.6 Å². The molecule has 19 heavy (non-hydrogen) atoms. The number of hydrogen-bond donors (Lipinski definition) is 1. The smallest absolute Gasteiger partial charge is 0.242 e. The van der Waals surface area contributed by atoms with Gasteiger partial charge in [-0.1, -0.05) is 23.7 Å². The number of benzene rings is 1. The number of imidazole rings is 1. The summed E-state index contributed by atoms with van der Waals surface area (Å²) in [7, 11) is -3.54. The van der Waals surface area contributed by atoms with E-state index in [0.29, 0.717) is 19.5 Å². The molecule has 0 aliphatic rings. The van der Waals surface area contributed by atoms with Crippen molar-refractivity contribution in [1.29, 1.82) is 0 Å². The molecule has 2 rings (SSSR count). The Morgan fingerprint density at radius 3 is 2.79 bits per heavy atom. The zero-order valence-corrected chi connectivity index (χ0v) is 11.7. The number of hydrogen-bond acceptors (Lipinski definition) is 3. The van der Waals surface area contributed by atoms with Crippen LogP contribution in [0.25, 0.3) is 0 Å². The lowest BCUT2D eigenvalue weighted by molar-refractivity contribution is 0.570. The van der Waals surface area contributed by atoms with E-state index in [1.807, 2.05) is 10.8 Å². The highest BCUT2D eigenvalue weighted by Crippen LogP contribution is 2.19. The van der Waals surface area contributed by atoms with Gasteiger partial charge < -0.3 is 4.57 Å². The number of aryl methyl sites for hydroxylation is 1. The van der Waals surface area contributed by atoms with E-state index in [9.17, 15) is 8.42 Å². The highest BCUT2D eigenvalue weighted by Gasteiger charge is 2.16. The number of nitrogens with one attached hydrogen (secondary N) is 1. The van der Waals surface area contributed by atoms with Crippen LogP contribution in [0.4, 0.5) is 0 Å². The molecule has 102 valence electrons. The van der Waals surface area contributed by atoms with Crippen LogP contribution in [0.3, 0.4) is 0 Å². The van der Waals surface area contributed by atoms with Crippen molar-refractivity contribution in [2.45, 2.75) is 17.9 Å². The predicted octanol–water partition coefficient (Wildman–Crippen LogP) is 1.91. The van der Waals surface area contributed by atoms with Gasteiger partial charge in [0.25, 0.3) is 0 Å². The van der Waals surface area contributed by atoms with Crippen LogP contribution in [0.2, 0.25) is 5.02 Å². The maximum Gasteiger partial charge on any atom is 0.242 e. The van der Waals surface area contributed by atoms with Crippen LogP contribution in [0.15, 0.2) is 47.9 Å². The second kappa shape index (κ2) is 6.18. The first-order valence-corrected chi connectivity index (χ1v) is 7.65. The first kappa shape index (κ1) is 14.0. The van der Waals surface area contributed by atoms with Crippen LogP contribution in [-0.4, -0.2) is 24.5 Å². The van der Waals surface area contributed by atoms with Crippen LogP contribution >= 0.6 is 11.6 Å². The molecule has 0 saturated heterocycles. The fourth-order valence-electron chi connectivity index (χ4n) is 1.63. The van der Waals surface area contributed by atoms with Gasteiger partial charge in [0.2, 0.25) is 10.0 Å². The molecule has 0 bridgehead atoms. The zero-order valence-electron chi connectivity index (χ0n) is 10.2. The van der Waals surface area contributed by atoms with E-state index in [2.05, 4.69) is 9.71 Å². The first-order valence-electron chi connectivity index (χ1n) is 5.79. The zero-order chi connectivity index (χ0) is 13.7. The molecule has 7 heteroatoms. The van der Waals surface area contributed by atoms with Gasteiger partial charge in [-0.25, -0.2) is 18.1 Å². The van der Waals surface area contributed by atoms with Gasteiger partial charge in [0.15, 0.2) is 0 Å². The number of rotatable bonds is 6. The first-order chi connectivity index (χ1) is 9.09. The molecule has 0 atom stereocenters. The summed E-state index contributed by atoms with van der Waals surface area (Å²) in [6.45, 7) is 1.07. The molecule has 0 aliphatic carbocycles. The number of nitrogens with zero attached hydrogens (tertiary/aromatic N) is 2. The summed E-state index contributed by atoms with van der Waals surface area (Å²) in [5.41, 5.74) is 0. The number of halogens is 1. The Hall–Kier alpha value is -1.37. The van der Waals surface area contributed by atoms with E-state index in [1.54, 1.807) is 30.7 Å². The fourth-order valence-corrected chi connectivity index (χ4v) is 3.22. The molecular weight excluding hydrogens is 286 g/mol. The molecule has 0 fully saturated rings. The Bertz CT molecular complexity index is 626. The molecule has 5 nitrogen and oxygen atoms in total. The van der Waals surface area contributed by atoms with Crippen LogP contribution < -0.4 is 4.72 Å². The molecule has 1 N–H and O–H groups in total. The van der Waals surface area contributed by atoms with Crippen molar-refractivity contribution in [2.75, 3.05) is 6.54 Å². The average molecular weight is 300 g/mol. The minimum atomic E-state index is -3.54. The van der Waals surface area contributed by atoms with E-state index in [4.69, 9.17) is 11.6 Å². The topological polar surface area (TPSA) is 64.0 Å². The van der Waals surface area contributed by atoms with Gasteiger partial charge in [0.1, 0.15) is 4.90 Å². The van der Waals surface area contributed by atoms with E-state index in [1.165, 1.54) is 6.07 Å². The molecule has 0 radical (unpaired) electrons. The predicted molar refractivity (Wildman–Crippen MR) is 73.5 cm³/mol. The maximum atomic E-state index is 12.0. The van der Waals surface area contributed by atoms with Gasteiger partial charge >= 0.3 is 0 Å². The van der Waals surface area contributed by atoms with Crippen molar-refractivity contribution in [3.63, 3.8) is 0 Å². The van der Waals surface area contributed by atoms with Gasteiger partial charge in [-0.3, -0.25) is 0 Å². The molecule has 1 aromatic carbocycles. The van der Waals surface area contributed by atoms with Crippen LogP contribution in [0, 0.1) is 0 Å². The summed E-state index contributed by atoms with van der Waals surface area (Å²) >= 11 is 5.87. The van der Waals surface area contributed by atoms with Crippen LogP contribution in [0.1, 0.15) is 6.42 Å². The van der Waals surface area contributed by atoms with Gasteiger partial charge in [0, 0.05) is 25.5 Å². The number of aromatic nitrogens is 2. The van der Waals surface area contributed by atoms with Gasteiger partial charge in [0.05, 0.1) is 11.3 Å². The maximum absolute atomic E-state index is 12.0. The van der Waals surface area contributed by atoms with E-state index >= 15 is 0 Å². The SMILES string of the molecule is O=S(=O)(NCCCn1ccnc1)c1ccccc1Cl. The highest BCUT2D eigenvalue weighted by atomic mass is 35.5. The molecule has 0 saturated carbocycles. The summed E-state index contributed by atoms with van der Waals surface area (Å²) in [5, 5.41) is 0.226. The van der Waals surface area contributed by atoms with Crippen molar-refractivity contribution in [1.82, 2.24) is 14.3 Å². The van der Waals surface area contributed by atoms with Gasteiger partial charge in [-0.15, -0.1) is 0 Å². The van der Waals surface area contributed by atoms with Crippen molar-refractivity contribution in [3.8, 4) is 0 Å². The van der Waals surface area contributed by atoms with E-state index in [-0.39, 0.29) is 9.92 Å². The summed E-state index contributed by atoms with van der Waals surface area (Å²) in [4.78, 5) is 4.03. The lowest BCUT2D eigenvalue weighted by Gasteiger charge is -2.08. The van der Waals surface area contributed by atoms with Crippen LogP contribution in [-0.2, 0) is 16.6 Å². The molecule has 0 aliphatic heterocycles. The summed E-state index contributed by atoms with van der Waals surface area (Å²) < 4.78 is 28.4. The molecule has 1 aromatic heterocycles. The van der Waals surface area contributed by atoms with Crippen molar-refractivity contribution >= 4 is 21.6 Å². The fraction of sp³-hybridized carbons (Fsp3) is 0.250. The summed E-state index contributed by atoms with van der Waals surface area (Å²) in [6.07, 6.45) is 5.90. The van der Waals surface area contributed by atoms with Crippen molar-refractivity contribution in [3.05, 3.63) is 48.0 Å². The van der Waals surface area contributed by atoms with Crippen molar-refractivity contribution < 1.29 is 8.42 Å². The molecule has 0 amide bonds. The quantitative estimate of drug-likeness (QED) is 0.829. The molecule has 1 heterocycles. The third-order valence-corrected chi connectivity index (χ3v) is 4.53. The highest BCUT2D eigenvalue weighted by molar-refractivity contribution is 7.89. The van der Waals surface area contributed by atoms with E-state index < -0.39 is 10.0 Å². The largest absolute Gasteiger partial charge is 0.337 e. The monoisotopic (exact) mass is 299 g/mol. The minimum Gasteiger partial charge on any atom is -0.337 e. The Morgan fingerprint density at radius 1 is 1.32 bits per heavy atom. The molecule has 2 aromatic rings. The van der Waals surface area contributed by atoms with Gasteiger partial charge in [-0.2, -0.15) is 0 Å². The lowest BCUT2D eigenvalue weighted by atomic mass is 10.4. The summed E-state index contributed by atoms with van der Waals surface area (Å²) in [6, 6.07) is 6.38. The Labute approximate surface area is 117 Å². The third kappa shape index (κ3) is 3.79. The molecule has 0 spiro atoms. The average Bonchev–Trinajstić information content (AvgIpc) is 2.88. The number of sulfonamides is 1. The minimum absolute atomic E-state index is 0.110. The molecular formula is C12H14ClN3O2S. The van der Waals surface area contributed by atoms with Crippen molar-refractivity contribution in [2.24, 2.45) is 0 Å². The normalized spacial score (nSPS) is 11.6. The van der Waals surface area contributed by atoms with Crippen LogP contribution in [0.5, 0.6) is 0 Å². The standard InChI is InChI=1S/C12H14ClN3O2S/c13-11-4-1-2-5-12(11)19(17,18)15-6-3-8-16-9-7-14-10-16/h1-2,4-5,7,9-10,15H,3,6,8H2. The Morgan fingerprint density at radius 2 is 2.11 bits per heavy atom. The van der Waals surface area contributed by atoms with E-state index in [0.717, 1.165) is 0 Å². The Kier molecular flexibility index (Phi) is 4.57. The second-order valence-electron chi connectivity index (χ2n) is 3.98. The molecule has 0 unspecified atom stereocenters.